The smallest absolute Gasteiger partial charge is 0.163 e. The van der Waals surface area contributed by atoms with Crippen LogP contribution < -0.4 is 9.47 Å². The van der Waals surface area contributed by atoms with Gasteiger partial charge < -0.3 is 39.2 Å². The van der Waals surface area contributed by atoms with Crippen LogP contribution in [-0.4, -0.2) is 70.2 Å². The van der Waals surface area contributed by atoms with Crippen molar-refractivity contribution in [1.29, 1.82) is 0 Å². The van der Waals surface area contributed by atoms with E-state index in [9.17, 15) is 24.8 Å². The number of rotatable bonds is 6. The molecule has 4 N–H and O–H groups in total. The highest BCUT2D eigenvalue weighted by Crippen LogP contribution is 2.42. The number of fused-ring (bicyclic) bond motifs is 1. The topological polar surface area (TPSA) is 114 Å². The Bertz CT molecular complexity index is 1110. The number of aliphatic hydroxyl groups excluding tert-OH is 4. The molecule has 4 rings (SSSR count). The minimum atomic E-state index is -1.53. The fourth-order valence-corrected chi connectivity index (χ4v) is 4.79. The second kappa shape index (κ2) is 9.26. The Balaban J connectivity index is 1.82. The van der Waals surface area contributed by atoms with E-state index in [0.29, 0.717) is 32.2 Å². The molecular weight excluding hydrogens is 441 g/mol. The third-order valence-corrected chi connectivity index (χ3v) is 6.60. The molecule has 0 aliphatic carbocycles. The zero-order chi connectivity index (χ0) is 23.0. The van der Waals surface area contributed by atoms with Crippen LogP contribution in [0.5, 0.6) is 11.5 Å². The second-order valence-electron chi connectivity index (χ2n) is 7.37. The van der Waals surface area contributed by atoms with Gasteiger partial charge in [0.2, 0.25) is 0 Å². The molecule has 2 heterocycles. The third-order valence-electron chi connectivity index (χ3n) is 5.50. The highest BCUT2D eigenvalue weighted by molar-refractivity contribution is 7.99. The molecule has 0 saturated carbocycles. The highest BCUT2D eigenvalue weighted by Gasteiger charge is 2.44. The summed E-state index contributed by atoms with van der Waals surface area (Å²) in [5.74, 6) is 0.421. The van der Waals surface area contributed by atoms with Crippen molar-refractivity contribution in [2.75, 3.05) is 20.8 Å². The number of nitrogens with zero attached hydrogens (tertiary/aromatic N) is 1. The molecule has 10 heteroatoms. The summed E-state index contributed by atoms with van der Waals surface area (Å²) in [4.78, 5) is 1.02. The van der Waals surface area contributed by atoms with E-state index in [1.807, 2.05) is 6.07 Å². The Kier molecular flexibility index (Phi) is 6.61. The molecule has 1 fully saturated rings. The average molecular weight is 465 g/mol. The van der Waals surface area contributed by atoms with Gasteiger partial charge in [-0.25, -0.2) is 4.39 Å². The van der Waals surface area contributed by atoms with Gasteiger partial charge in [-0.3, -0.25) is 0 Å². The van der Waals surface area contributed by atoms with Crippen molar-refractivity contribution in [3.63, 3.8) is 0 Å². The number of benzene rings is 2. The number of methoxy groups -OCH3 is 2. The average Bonchev–Trinajstić information content (AvgIpc) is 3.17. The van der Waals surface area contributed by atoms with Gasteiger partial charge in [-0.2, -0.15) is 0 Å². The maximum absolute atomic E-state index is 14.6. The quantitative estimate of drug-likeness (QED) is 0.437. The highest BCUT2D eigenvalue weighted by atomic mass is 32.2. The molecule has 1 aliphatic rings. The Morgan fingerprint density at radius 2 is 1.81 bits per heavy atom. The van der Waals surface area contributed by atoms with Crippen molar-refractivity contribution in [2.45, 2.75) is 40.4 Å². The number of ether oxygens (including phenoxy) is 3. The van der Waals surface area contributed by atoms with Crippen molar-refractivity contribution >= 4 is 22.7 Å². The van der Waals surface area contributed by atoms with E-state index in [-0.39, 0.29) is 0 Å². The summed E-state index contributed by atoms with van der Waals surface area (Å²) in [6.45, 7) is -0.545. The van der Waals surface area contributed by atoms with Crippen LogP contribution in [0.4, 0.5) is 4.39 Å². The molecule has 0 amide bonds. The van der Waals surface area contributed by atoms with E-state index in [0.717, 1.165) is 0 Å². The first-order valence-electron chi connectivity index (χ1n) is 9.89. The molecule has 8 nitrogen and oxygen atoms in total. The van der Waals surface area contributed by atoms with Crippen LogP contribution in [0.25, 0.3) is 10.9 Å². The van der Waals surface area contributed by atoms with Gasteiger partial charge in [0, 0.05) is 27.4 Å². The number of hydrogen-bond acceptors (Lipinski definition) is 8. The van der Waals surface area contributed by atoms with E-state index in [1.165, 1.54) is 32.0 Å². The zero-order valence-corrected chi connectivity index (χ0v) is 18.2. The summed E-state index contributed by atoms with van der Waals surface area (Å²) in [7, 11) is 2.96. The lowest BCUT2D eigenvalue weighted by Gasteiger charge is -2.40. The molecule has 172 valence electrons. The van der Waals surface area contributed by atoms with Gasteiger partial charge in [-0.05, 0) is 18.2 Å². The van der Waals surface area contributed by atoms with Crippen LogP contribution in [0, 0.1) is 5.82 Å². The van der Waals surface area contributed by atoms with E-state index >= 15 is 0 Å². The first-order valence-corrected chi connectivity index (χ1v) is 10.7. The van der Waals surface area contributed by atoms with Crippen molar-refractivity contribution in [1.82, 2.24) is 4.57 Å². The third kappa shape index (κ3) is 3.94. The monoisotopic (exact) mass is 465 g/mol. The molecule has 0 unspecified atom stereocenters. The predicted molar refractivity (Wildman–Crippen MR) is 115 cm³/mol. The summed E-state index contributed by atoms with van der Waals surface area (Å²) in [5, 5.41) is 41.3. The summed E-state index contributed by atoms with van der Waals surface area (Å²) < 4.78 is 32.5. The fourth-order valence-electron chi connectivity index (χ4n) is 3.82. The standard InChI is InChI=1S/C22H24FNO7S/c1-29-11-6-7-16(13(23)8-11)32-17-9-24(18-12(17)4-3-5-14(18)30-2)22-21(28)20(27)19(26)15(10-25)31-22/h3-9,15,19-22,25-28H,10H2,1-2H3/t15-,19-,20+,21-,22-/m1/s1. The van der Waals surface area contributed by atoms with Gasteiger partial charge in [0.25, 0.3) is 0 Å². The number of para-hydroxylation sites is 1. The summed E-state index contributed by atoms with van der Waals surface area (Å²) >= 11 is 1.17. The van der Waals surface area contributed by atoms with E-state index in [2.05, 4.69) is 0 Å². The molecule has 1 saturated heterocycles. The Morgan fingerprint density at radius 3 is 2.47 bits per heavy atom. The molecular formula is C22H24FNO7S. The molecule has 1 aromatic heterocycles. The fraction of sp³-hybridized carbons (Fsp3) is 0.364. The summed E-state index contributed by atoms with van der Waals surface area (Å²) in [6, 6.07) is 9.89. The molecule has 0 radical (unpaired) electrons. The molecule has 0 spiro atoms. The molecule has 2 aromatic carbocycles. The van der Waals surface area contributed by atoms with Crippen LogP contribution >= 0.6 is 11.8 Å². The predicted octanol–water partition coefficient (Wildman–Crippen LogP) is 1.92. The molecule has 5 atom stereocenters. The minimum Gasteiger partial charge on any atom is -0.497 e. The maximum atomic E-state index is 14.6. The van der Waals surface area contributed by atoms with E-state index in [4.69, 9.17) is 14.2 Å². The SMILES string of the molecule is COc1ccc(Sc2cn([C@@H]3O[C@H](CO)[C@@H](O)[C@H](O)[C@H]3O)c3c(OC)cccc23)c(F)c1. The van der Waals surface area contributed by atoms with Gasteiger partial charge in [0.1, 0.15) is 41.7 Å². The van der Waals surface area contributed by atoms with Crippen LogP contribution in [0.15, 0.2) is 52.4 Å². The lowest BCUT2D eigenvalue weighted by Crippen LogP contribution is -2.56. The zero-order valence-electron chi connectivity index (χ0n) is 17.4. The number of hydrogen-bond donors (Lipinski definition) is 4. The normalized spacial score (nSPS) is 25.8. The van der Waals surface area contributed by atoms with Crippen LogP contribution in [-0.2, 0) is 4.74 Å². The first kappa shape index (κ1) is 22.8. The molecule has 1 aliphatic heterocycles. The second-order valence-corrected chi connectivity index (χ2v) is 8.46. The van der Waals surface area contributed by atoms with Crippen molar-refractivity contribution in [3.8, 4) is 11.5 Å². The van der Waals surface area contributed by atoms with Gasteiger partial charge in [0.05, 0.1) is 26.3 Å². The minimum absolute atomic E-state index is 0.362. The van der Waals surface area contributed by atoms with Crippen LogP contribution in [0.2, 0.25) is 0 Å². The largest absolute Gasteiger partial charge is 0.497 e. The molecule has 3 aromatic rings. The lowest BCUT2D eigenvalue weighted by atomic mass is 9.98. The van der Waals surface area contributed by atoms with Gasteiger partial charge >= 0.3 is 0 Å². The Labute approximate surface area is 187 Å². The van der Waals surface area contributed by atoms with Gasteiger partial charge in [0.15, 0.2) is 6.23 Å². The number of aliphatic hydroxyl groups is 4. The summed E-state index contributed by atoms with van der Waals surface area (Å²) in [5.41, 5.74) is 0.552. The Hall–Kier alpha value is -2.34. The van der Waals surface area contributed by atoms with E-state index < -0.39 is 43.1 Å². The number of aromatic nitrogens is 1. The molecule has 32 heavy (non-hydrogen) atoms. The van der Waals surface area contributed by atoms with Crippen LogP contribution in [0.1, 0.15) is 6.23 Å². The van der Waals surface area contributed by atoms with Crippen molar-refractivity contribution in [2.24, 2.45) is 0 Å². The van der Waals surface area contributed by atoms with Crippen molar-refractivity contribution < 1.29 is 39.0 Å². The van der Waals surface area contributed by atoms with Crippen LogP contribution in [0.3, 0.4) is 0 Å². The number of halogens is 1. The molecule has 0 bridgehead atoms. The van der Waals surface area contributed by atoms with Gasteiger partial charge in [-0.15, -0.1) is 0 Å². The van der Waals surface area contributed by atoms with E-state index in [1.54, 1.807) is 35.0 Å². The maximum Gasteiger partial charge on any atom is 0.163 e. The van der Waals surface area contributed by atoms with Crippen molar-refractivity contribution in [3.05, 3.63) is 48.4 Å². The van der Waals surface area contributed by atoms with Gasteiger partial charge in [-0.1, -0.05) is 23.9 Å². The lowest BCUT2D eigenvalue weighted by molar-refractivity contribution is -0.250. The first-order chi connectivity index (χ1) is 15.4. The summed E-state index contributed by atoms with van der Waals surface area (Å²) in [6.07, 6.45) is -5.02. The Morgan fingerprint density at radius 1 is 1.03 bits per heavy atom.